The lowest BCUT2D eigenvalue weighted by Crippen LogP contribution is -2.11. The molecule has 1 amide bonds. The number of carbonyl (C=O) groups is 1. The molecule has 2 aromatic rings. The van der Waals surface area contributed by atoms with Crippen molar-refractivity contribution in [2.24, 2.45) is 0 Å². The van der Waals surface area contributed by atoms with Gasteiger partial charge < -0.3 is 10.6 Å². The Morgan fingerprint density at radius 2 is 2.00 bits per heavy atom. The molecule has 3 nitrogen and oxygen atoms in total. The smallest absolute Gasteiger partial charge is 0.258 e. The molecule has 1 aliphatic rings. The summed E-state index contributed by atoms with van der Waals surface area (Å²) in [6.07, 6.45) is 0.803. The van der Waals surface area contributed by atoms with Gasteiger partial charge in [-0.05, 0) is 18.6 Å². The number of benzene rings is 1. The van der Waals surface area contributed by atoms with Gasteiger partial charge in [0.15, 0.2) is 5.82 Å². The van der Waals surface area contributed by atoms with Crippen LogP contribution in [0, 0.1) is 11.6 Å². The zero-order chi connectivity index (χ0) is 13.6. The summed E-state index contributed by atoms with van der Waals surface area (Å²) >= 11 is 1.41. The molecule has 0 atom stereocenters. The second-order valence-electron chi connectivity index (χ2n) is 4.20. The zero-order valence-corrected chi connectivity index (χ0v) is 10.8. The summed E-state index contributed by atoms with van der Waals surface area (Å²) in [5.41, 5.74) is 0.666. The normalized spacial score (nSPS) is 13.1. The molecular weight excluding hydrogens is 270 g/mol. The molecule has 0 saturated carbocycles. The van der Waals surface area contributed by atoms with Crippen molar-refractivity contribution in [1.29, 1.82) is 0 Å². The summed E-state index contributed by atoms with van der Waals surface area (Å²) in [4.78, 5) is 13.1. The van der Waals surface area contributed by atoms with Gasteiger partial charge in [-0.1, -0.05) is 6.92 Å². The second-order valence-corrected chi connectivity index (χ2v) is 5.34. The van der Waals surface area contributed by atoms with E-state index in [0.717, 1.165) is 17.4 Å². The highest BCUT2D eigenvalue weighted by Gasteiger charge is 2.24. The van der Waals surface area contributed by atoms with Crippen LogP contribution in [0.3, 0.4) is 0 Å². The number of fused-ring (bicyclic) bond motifs is 2. The summed E-state index contributed by atoms with van der Waals surface area (Å²) in [7, 11) is 0. The van der Waals surface area contributed by atoms with Crippen LogP contribution in [0.5, 0.6) is 0 Å². The predicted molar refractivity (Wildman–Crippen MR) is 71.3 cm³/mol. The third-order valence-electron chi connectivity index (χ3n) is 2.92. The molecule has 2 N–H and O–H groups in total. The van der Waals surface area contributed by atoms with E-state index in [9.17, 15) is 13.6 Å². The number of nitrogens with one attached hydrogen (secondary N) is 2. The molecule has 2 heterocycles. The van der Waals surface area contributed by atoms with Crippen LogP contribution in [0.25, 0.3) is 0 Å². The second kappa shape index (κ2) is 4.31. The number of aryl methyl sites for hydroxylation is 1. The summed E-state index contributed by atoms with van der Waals surface area (Å²) in [6, 6.07) is 3.68. The van der Waals surface area contributed by atoms with Crippen LogP contribution < -0.4 is 10.6 Å². The largest absolute Gasteiger partial charge is 0.345 e. The maximum absolute atomic E-state index is 13.7. The molecule has 0 aliphatic carbocycles. The first-order valence-corrected chi connectivity index (χ1v) is 6.60. The Kier molecular flexibility index (Phi) is 2.74. The Morgan fingerprint density at radius 3 is 2.74 bits per heavy atom. The molecular formula is C13H10F2N2OS. The van der Waals surface area contributed by atoms with Gasteiger partial charge in [-0.15, -0.1) is 11.3 Å². The Labute approximate surface area is 112 Å². The number of hydrogen-bond donors (Lipinski definition) is 2. The SMILES string of the molecule is CCc1cc2c(s1)Nc1cc(F)cc(F)c1NC2=O. The van der Waals surface area contributed by atoms with E-state index in [1.54, 1.807) is 6.07 Å². The number of hydrogen-bond acceptors (Lipinski definition) is 3. The van der Waals surface area contributed by atoms with Gasteiger partial charge in [0, 0.05) is 10.9 Å². The fourth-order valence-corrected chi connectivity index (χ4v) is 2.99. The van der Waals surface area contributed by atoms with Gasteiger partial charge in [-0.2, -0.15) is 0 Å². The van der Waals surface area contributed by atoms with Gasteiger partial charge >= 0.3 is 0 Å². The summed E-state index contributed by atoms with van der Waals surface area (Å²) < 4.78 is 26.9. The maximum Gasteiger partial charge on any atom is 0.258 e. The van der Waals surface area contributed by atoms with E-state index >= 15 is 0 Å². The third kappa shape index (κ3) is 1.98. The number of anilines is 3. The quantitative estimate of drug-likeness (QED) is 0.831. The predicted octanol–water partition coefficient (Wildman–Crippen LogP) is 3.90. The molecule has 19 heavy (non-hydrogen) atoms. The van der Waals surface area contributed by atoms with Gasteiger partial charge in [0.1, 0.15) is 16.5 Å². The standard InChI is InChI=1S/C13H10F2N2OS/c1-2-7-5-8-12(18)17-11-9(15)3-6(14)4-10(11)16-13(8)19-7/h3-5,16H,2H2,1H3,(H,17,18). The van der Waals surface area contributed by atoms with E-state index in [-0.39, 0.29) is 17.3 Å². The lowest BCUT2D eigenvalue weighted by atomic mass is 10.2. The van der Waals surface area contributed by atoms with Gasteiger partial charge in [-0.25, -0.2) is 8.78 Å². The molecule has 0 spiro atoms. The van der Waals surface area contributed by atoms with Crippen LogP contribution in [0.2, 0.25) is 0 Å². The Bertz CT molecular complexity index is 682. The first kappa shape index (κ1) is 12.1. The molecule has 0 saturated heterocycles. The number of thiophene rings is 1. The highest BCUT2D eigenvalue weighted by molar-refractivity contribution is 7.16. The van der Waals surface area contributed by atoms with Gasteiger partial charge in [-0.3, -0.25) is 4.79 Å². The van der Waals surface area contributed by atoms with E-state index in [4.69, 9.17) is 0 Å². The van der Waals surface area contributed by atoms with E-state index in [1.807, 2.05) is 6.92 Å². The molecule has 98 valence electrons. The van der Waals surface area contributed by atoms with Crippen molar-refractivity contribution in [3.8, 4) is 0 Å². The topological polar surface area (TPSA) is 41.1 Å². The molecule has 1 aromatic carbocycles. The minimum Gasteiger partial charge on any atom is -0.345 e. The number of halogens is 2. The Balaban J connectivity index is 2.16. The average molecular weight is 280 g/mol. The van der Waals surface area contributed by atoms with E-state index in [0.29, 0.717) is 10.6 Å². The van der Waals surface area contributed by atoms with Crippen LogP contribution in [0.15, 0.2) is 18.2 Å². The van der Waals surface area contributed by atoms with E-state index in [1.165, 1.54) is 17.4 Å². The van der Waals surface area contributed by atoms with Gasteiger partial charge in [0.05, 0.1) is 11.3 Å². The van der Waals surface area contributed by atoms with Crippen LogP contribution in [-0.2, 0) is 6.42 Å². The van der Waals surface area contributed by atoms with Gasteiger partial charge in [0.2, 0.25) is 0 Å². The molecule has 0 bridgehead atoms. The molecule has 1 aromatic heterocycles. The summed E-state index contributed by atoms with van der Waals surface area (Å²) in [5, 5.41) is 6.01. The Morgan fingerprint density at radius 1 is 1.21 bits per heavy atom. The van der Waals surface area contributed by atoms with Crippen molar-refractivity contribution >= 4 is 33.6 Å². The lowest BCUT2D eigenvalue weighted by molar-refractivity contribution is 0.102. The van der Waals surface area contributed by atoms with Crippen LogP contribution in [0.4, 0.5) is 25.2 Å². The molecule has 0 unspecified atom stereocenters. The maximum atomic E-state index is 13.7. The van der Waals surface area contributed by atoms with Crippen molar-refractivity contribution in [2.75, 3.05) is 10.6 Å². The average Bonchev–Trinajstić information content (AvgIpc) is 2.71. The highest BCUT2D eigenvalue weighted by Crippen LogP contribution is 2.38. The molecule has 1 aliphatic heterocycles. The third-order valence-corrected chi connectivity index (χ3v) is 4.11. The van der Waals surface area contributed by atoms with Crippen LogP contribution in [0.1, 0.15) is 22.2 Å². The lowest BCUT2D eigenvalue weighted by Gasteiger charge is -2.08. The minimum absolute atomic E-state index is 0.0205. The first-order chi connectivity index (χ1) is 9.08. The van der Waals surface area contributed by atoms with Crippen molar-refractivity contribution in [3.63, 3.8) is 0 Å². The zero-order valence-electron chi connectivity index (χ0n) is 10.0. The molecule has 3 rings (SSSR count). The first-order valence-electron chi connectivity index (χ1n) is 5.78. The fourth-order valence-electron chi connectivity index (χ4n) is 1.98. The van der Waals surface area contributed by atoms with E-state index in [2.05, 4.69) is 10.6 Å². The molecule has 0 radical (unpaired) electrons. The summed E-state index contributed by atoms with van der Waals surface area (Å²) in [5.74, 6) is -1.86. The molecule has 0 fully saturated rings. The number of amides is 1. The van der Waals surface area contributed by atoms with Crippen molar-refractivity contribution < 1.29 is 13.6 Å². The fraction of sp³-hybridized carbons (Fsp3) is 0.154. The van der Waals surface area contributed by atoms with E-state index < -0.39 is 11.6 Å². The highest BCUT2D eigenvalue weighted by atomic mass is 32.1. The van der Waals surface area contributed by atoms with Crippen LogP contribution >= 0.6 is 11.3 Å². The summed E-state index contributed by atoms with van der Waals surface area (Å²) in [6.45, 7) is 1.98. The van der Waals surface area contributed by atoms with Gasteiger partial charge in [0.25, 0.3) is 5.91 Å². The Hall–Kier alpha value is -1.95. The molecule has 6 heteroatoms. The van der Waals surface area contributed by atoms with Crippen molar-refractivity contribution in [2.45, 2.75) is 13.3 Å². The monoisotopic (exact) mass is 280 g/mol. The minimum atomic E-state index is -0.790. The van der Waals surface area contributed by atoms with Crippen LogP contribution in [-0.4, -0.2) is 5.91 Å². The number of carbonyl (C=O) groups excluding carboxylic acids is 1. The van der Waals surface area contributed by atoms with Crippen molar-refractivity contribution in [3.05, 3.63) is 40.3 Å². The van der Waals surface area contributed by atoms with Crippen molar-refractivity contribution in [1.82, 2.24) is 0 Å². The number of rotatable bonds is 1.